The third kappa shape index (κ3) is 3.84. The van der Waals surface area contributed by atoms with E-state index in [4.69, 9.17) is 4.74 Å². The molecule has 0 bridgehead atoms. The molecule has 1 N–H and O–H groups in total. The highest BCUT2D eigenvalue weighted by molar-refractivity contribution is 7.10. The first-order valence-corrected chi connectivity index (χ1v) is 8.03. The van der Waals surface area contributed by atoms with Gasteiger partial charge in [0.05, 0.1) is 7.11 Å². The molecule has 0 spiro atoms. The molecule has 1 aromatic heterocycles. The topological polar surface area (TPSA) is 21.3 Å². The number of rotatable bonds is 7. The summed E-state index contributed by atoms with van der Waals surface area (Å²) >= 11 is 1.82. The quantitative estimate of drug-likeness (QED) is 0.818. The van der Waals surface area contributed by atoms with Crippen molar-refractivity contribution in [1.82, 2.24) is 5.32 Å². The first kappa shape index (κ1) is 15.1. The van der Waals surface area contributed by atoms with Crippen LogP contribution in [0, 0.1) is 6.92 Å². The van der Waals surface area contributed by atoms with Crippen molar-refractivity contribution in [3.63, 3.8) is 0 Å². The van der Waals surface area contributed by atoms with Crippen LogP contribution in [0.15, 0.2) is 35.7 Å². The summed E-state index contributed by atoms with van der Waals surface area (Å²) in [6, 6.07) is 11.1. The van der Waals surface area contributed by atoms with Gasteiger partial charge < -0.3 is 10.1 Å². The Kier molecular flexibility index (Phi) is 5.62. The summed E-state index contributed by atoms with van der Waals surface area (Å²) in [6.07, 6.45) is 2.11. The Morgan fingerprint density at radius 2 is 2.15 bits per heavy atom. The van der Waals surface area contributed by atoms with Gasteiger partial charge in [0, 0.05) is 10.9 Å². The van der Waals surface area contributed by atoms with Crippen molar-refractivity contribution in [2.24, 2.45) is 0 Å². The van der Waals surface area contributed by atoms with Gasteiger partial charge in [0.2, 0.25) is 0 Å². The van der Waals surface area contributed by atoms with Crippen molar-refractivity contribution in [3.8, 4) is 5.75 Å². The SMILES string of the molecule is CCCNC(Cc1cc(C)ccc1OC)c1cccs1. The molecule has 0 radical (unpaired) electrons. The summed E-state index contributed by atoms with van der Waals surface area (Å²) in [7, 11) is 1.74. The molecule has 3 heteroatoms. The minimum Gasteiger partial charge on any atom is -0.496 e. The fraction of sp³-hybridized carbons (Fsp3) is 0.412. The van der Waals surface area contributed by atoms with Crippen LogP contribution in [0.2, 0.25) is 0 Å². The van der Waals surface area contributed by atoms with Gasteiger partial charge in [-0.1, -0.05) is 30.7 Å². The zero-order chi connectivity index (χ0) is 14.4. The second kappa shape index (κ2) is 7.46. The van der Waals surface area contributed by atoms with E-state index in [1.54, 1.807) is 7.11 Å². The van der Waals surface area contributed by atoms with Crippen molar-refractivity contribution in [3.05, 3.63) is 51.7 Å². The van der Waals surface area contributed by atoms with E-state index in [1.807, 2.05) is 11.3 Å². The van der Waals surface area contributed by atoms with E-state index < -0.39 is 0 Å². The Bertz CT molecular complexity index is 522. The molecule has 1 heterocycles. The summed E-state index contributed by atoms with van der Waals surface area (Å²) in [6.45, 7) is 5.37. The molecule has 1 aromatic carbocycles. The molecule has 2 nitrogen and oxygen atoms in total. The van der Waals surface area contributed by atoms with Crippen LogP contribution < -0.4 is 10.1 Å². The van der Waals surface area contributed by atoms with Crippen molar-refractivity contribution in [2.75, 3.05) is 13.7 Å². The first-order chi connectivity index (χ1) is 9.74. The highest BCUT2D eigenvalue weighted by Gasteiger charge is 2.15. The second-order valence-corrected chi connectivity index (χ2v) is 6.02. The number of ether oxygens (including phenoxy) is 1. The number of thiophene rings is 1. The average molecular weight is 289 g/mol. The monoisotopic (exact) mass is 289 g/mol. The van der Waals surface area contributed by atoms with Crippen molar-refractivity contribution >= 4 is 11.3 Å². The number of methoxy groups -OCH3 is 1. The third-order valence-corrected chi connectivity index (χ3v) is 4.37. The van der Waals surface area contributed by atoms with E-state index in [0.717, 1.165) is 25.1 Å². The van der Waals surface area contributed by atoms with E-state index in [2.05, 4.69) is 54.9 Å². The normalized spacial score (nSPS) is 12.3. The van der Waals surface area contributed by atoms with Gasteiger partial charge in [0.1, 0.15) is 5.75 Å². The molecule has 0 aliphatic rings. The first-order valence-electron chi connectivity index (χ1n) is 7.15. The molecule has 0 amide bonds. The summed E-state index contributed by atoms with van der Waals surface area (Å²) in [4.78, 5) is 1.39. The lowest BCUT2D eigenvalue weighted by Crippen LogP contribution is -2.23. The zero-order valence-electron chi connectivity index (χ0n) is 12.5. The number of aryl methyl sites for hydroxylation is 1. The third-order valence-electron chi connectivity index (χ3n) is 3.39. The predicted octanol–water partition coefficient (Wildman–Crippen LogP) is 4.35. The highest BCUT2D eigenvalue weighted by Crippen LogP contribution is 2.28. The molecule has 0 aliphatic heterocycles. The van der Waals surface area contributed by atoms with Crippen LogP contribution in [0.5, 0.6) is 5.75 Å². The maximum atomic E-state index is 5.50. The number of hydrogen-bond donors (Lipinski definition) is 1. The van der Waals surface area contributed by atoms with Gasteiger partial charge in [-0.25, -0.2) is 0 Å². The van der Waals surface area contributed by atoms with Crippen LogP contribution in [0.3, 0.4) is 0 Å². The molecule has 0 saturated carbocycles. The minimum atomic E-state index is 0.366. The zero-order valence-corrected chi connectivity index (χ0v) is 13.3. The van der Waals surface area contributed by atoms with Crippen LogP contribution in [0.25, 0.3) is 0 Å². The molecule has 0 saturated heterocycles. The van der Waals surface area contributed by atoms with Gasteiger partial charge in [-0.2, -0.15) is 0 Å². The summed E-state index contributed by atoms with van der Waals surface area (Å²) < 4.78 is 5.50. The molecule has 1 atom stereocenters. The molecule has 1 unspecified atom stereocenters. The number of nitrogens with one attached hydrogen (secondary N) is 1. The smallest absolute Gasteiger partial charge is 0.122 e. The largest absolute Gasteiger partial charge is 0.496 e. The molecule has 0 aliphatic carbocycles. The minimum absolute atomic E-state index is 0.366. The standard InChI is InChI=1S/C17H23NOS/c1-4-9-18-15(17-6-5-10-20-17)12-14-11-13(2)7-8-16(14)19-3/h5-8,10-11,15,18H,4,9,12H2,1-3H3. The van der Waals surface area contributed by atoms with Crippen molar-refractivity contribution in [2.45, 2.75) is 32.7 Å². The fourth-order valence-corrected chi connectivity index (χ4v) is 3.17. The molecule has 2 rings (SSSR count). The van der Waals surface area contributed by atoms with Crippen LogP contribution in [0.4, 0.5) is 0 Å². The Labute approximate surface area is 125 Å². The molecular weight excluding hydrogens is 266 g/mol. The van der Waals surface area contributed by atoms with E-state index >= 15 is 0 Å². The Hall–Kier alpha value is -1.32. The number of hydrogen-bond acceptors (Lipinski definition) is 3. The second-order valence-electron chi connectivity index (χ2n) is 5.04. The van der Waals surface area contributed by atoms with Crippen LogP contribution in [-0.4, -0.2) is 13.7 Å². The van der Waals surface area contributed by atoms with Crippen LogP contribution in [0.1, 0.15) is 35.4 Å². The van der Waals surface area contributed by atoms with Crippen LogP contribution in [-0.2, 0) is 6.42 Å². The van der Waals surface area contributed by atoms with Crippen molar-refractivity contribution in [1.29, 1.82) is 0 Å². The maximum absolute atomic E-state index is 5.50. The average Bonchev–Trinajstić information content (AvgIpc) is 2.97. The lowest BCUT2D eigenvalue weighted by Gasteiger charge is -2.19. The van der Waals surface area contributed by atoms with Gasteiger partial charge in [-0.05, 0) is 49.4 Å². The van der Waals surface area contributed by atoms with Gasteiger partial charge in [-0.3, -0.25) is 0 Å². The predicted molar refractivity (Wildman–Crippen MR) is 86.8 cm³/mol. The molecular formula is C17H23NOS. The molecule has 108 valence electrons. The Morgan fingerprint density at radius 3 is 2.80 bits per heavy atom. The summed E-state index contributed by atoms with van der Waals surface area (Å²) in [5.74, 6) is 0.982. The lowest BCUT2D eigenvalue weighted by molar-refractivity contribution is 0.405. The van der Waals surface area contributed by atoms with Crippen molar-refractivity contribution < 1.29 is 4.74 Å². The lowest BCUT2D eigenvalue weighted by atomic mass is 10.0. The van der Waals surface area contributed by atoms with Crippen LogP contribution >= 0.6 is 11.3 Å². The fourth-order valence-electron chi connectivity index (χ4n) is 2.37. The Morgan fingerprint density at radius 1 is 1.30 bits per heavy atom. The van der Waals surface area contributed by atoms with Gasteiger partial charge in [-0.15, -0.1) is 11.3 Å². The summed E-state index contributed by atoms with van der Waals surface area (Å²) in [5, 5.41) is 5.79. The van der Waals surface area contributed by atoms with E-state index in [-0.39, 0.29) is 0 Å². The molecule has 20 heavy (non-hydrogen) atoms. The molecule has 2 aromatic rings. The van der Waals surface area contributed by atoms with Gasteiger partial charge in [0.25, 0.3) is 0 Å². The maximum Gasteiger partial charge on any atom is 0.122 e. The van der Waals surface area contributed by atoms with Gasteiger partial charge in [0.15, 0.2) is 0 Å². The number of benzene rings is 1. The van der Waals surface area contributed by atoms with E-state index in [1.165, 1.54) is 16.0 Å². The highest BCUT2D eigenvalue weighted by atomic mass is 32.1. The van der Waals surface area contributed by atoms with E-state index in [9.17, 15) is 0 Å². The molecule has 0 fully saturated rings. The summed E-state index contributed by atoms with van der Waals surface area (Å²) in [5.41, 5.74) is 2.55. The van der Waals surface area contributed by atoms with Gasteiger partial charge >= 0.3 is 0 Å². The Balaban J connectivity index is 2.21. The van der Waals surface area contributed by atoms with E-state index in [0.29, 0.717) is 6.04 Å².